The summed E-state index contributed by atoms with van der Waals surface area (Å²) < 4.78 is 11.1. The molecule has 2 heterocycles. The molecule has 0 radical (unpaired) electrons. The maximum absolute atomic E-state index is 12.9. The minimum Gasteiger partial charge on any atom is -0.497 e. The third-order valence-corrected chi connectivity index (χ3v) is 5.39. The van der Waals surface area contributed by atoms with E-state index < -0.39 is 0 Å². The van der Waals surface area contributed by atoms with Crippen LogP contribution in [-0.2, 0) is 6.42 Å². The zero-order chi connectivity index (χ0) is 20.2. The molecule has 0 spiro atoms. The number of carbonyl (C=O) groups is 1. The molecule has 2 aromatic carbocycles. The van der Waals surface area contributed by atoms with E-state index >= 15 is 0 Å². The van der Waals surface area contributed by atoms with Crippen LogP contribution in [0.15, 0.2) is 46.9 Å². The SMILES string of the molecule is CCCN1CCN(C(=O)c2ccc3nc(Cc4ccc(OC)cc4)oc3c2)CC1. The number of aromatic nitrogens is 1. The zero-order valence-corrected chi connectivity index (χ0v) is 17.1. The van der Waals surface area contributed by atoms with Crippen molar-refractivity contribution in [1.82, 2.24) is 14.8 Å². The van der Waals surface area contributed by atoms with Gasteiger partial charge in [-0.05, 0) is 48.9 Å². The molecule has 6 heteroatoms. The molecule has 1 saturated heterocycles. The predicted octanol–water partition coefficient (Wildman–Crippen LogP) is 3.60. The van der Waals surface area contributed by atoms with Crippen LogP contribution in [0.5, 0.6) is 5.75 Å². The number of hydrogen-bond acceptors (Lipinski definition) is 5. The fourth-order valence-electron chi connectivity index (χ4n) is 3.77. The highest BCUT2D eigenvalue weighted by atomic mass is 16.5. The highest BCUT2D eigenvalue weighted by Crippen LogP contribution is 2.21. The largest absolute Gasteiger partial charge is 0.497 e. The minimum atomic E-state index is 0.0659. The van der Waals surface area contributed by atoms with Gasteiger partial charge in [0.1, 0.15) is 11.3 Å². The van der Waals surface area contributed by atoms with Gasteiger partial charge in [-0.2, -0.15) is 0 Å². The van der Waals surface area contributed by atoms with Crippen molar-refractivity contribution in [3.8, 4) is 5.75 Å². The molecule has 1 fully saturated rings. The average molecular weight is 393 g/mol. The standard InChI is InChI=1S/C23H27N3O3/c1-3-10-25-11-13-26(14-12-25)23(27)18-6-9-20-21(16-18)29-22(24-20)15-17-4-7-19(28-2)8-5-17/h4-9,16H,3,10-15H2,1-2H3. The van der Waals surface area contributed by atoms with E-state index in [0.717, 1.165) is 56.0 Å². The third-order valence-electron chi connectivity index (χ3n) is 5.39. The lowest BCUT2D eigenvalue weighted by molar-refractivity contribution is 0.0637. The second-order valence-corrected chi connectivity index (χ2v) is 7.45. The van der Waals surface area contributed by atoms with Crippen LogP contribution in [-0.4, -0.2) is 60.5 Å². The number of ether oxygens (including phenoxy) is 1. The van der Waals surface area contributed by atoms with Gasteiger partial charge in [0.05, 0.1) is 7.11 Å². The van der Waals surface area contributed by atoms with E-state index in [1.54, 1.807) is 7.11 Å². The topological polar surface area (TPSA) is 58.8 Å². The molecular formula is C23H27N3O3. The molecule has 0 saturated carbocycles. The summed E-state index contributed by atoms with van der Waals surface area (Å²) in [5, 5.41) is 0. The molecular weight excluding hydrogens is 366 g/mol. The van der Waals surface area contributed by atoms with E-state index in [0.29, 0.717) is 23.5 Å². The fraction of sp³-hybridized carbons (Fsp3) is 0.391. The third kappa shape index (κ3) is 4.43. The Bertz CT molecular complexity index is 973. The molecule has 1 amide bonds. The Kier molecular flexibility index (Phi) is 5.81. The number of hydrogen-bond donors (Lipinski definition) is 0. The molecule has 4 rings (SSSR count). The summed E-state index contributed by atoms with van der Waals surface area (Å²) in [6.07, 6.45) is 1.75. The van der Waals surface area contributed by atoms with Gasteiger partial charge >= 0.3 is 0 Å². The fourth-order valence-corrected chi connectivity index (χ4v) is 3.77. The number of methoxy groups -OCH3 is 1. The maximum Gasteiger partial charge on any atom is 0.254 e. The van der Waals surface area contributed by atoms with E-state index in [9.17, 15) is 4.79 Å². The number of rotatable bonds is 6. The van der Waals surface area contributed by atoms with Gasteiger partial charge in [0, 0.05) is 38.2 Å². The molecule has 3 aromatic rings. The monoisotopic (exact) mass is 393 g/mol. The molecule has 1 aliphatic heterocycles. The van der Waals surface area contributed by atoms with Crippen LogP contribution in [0.3, 0.4) is 0 Å². The van der Waals surface area contributed by atoms with Crippen LogP contribution >= 0.6 is 0 Å². The lowest BCUT2D eigenvalue weighted by Crippen LogP contribution is -2.48. The van der Waals surface area contributed by atoms with Crippen molar-refractivity contribution in [3.63, 3.8) is 0 Å². The van der Waals surface area contributed by atoms with E-state index in [1.165, 1.54) is 0 Å². The Morgan fingerprint density at radius 2 is 1.86 bits per heavy atom. The molecule has 1 aliphatic rings. The summed E-state index contributed by atoms with van der Waals surface area (Å²) in [6.45, 7) is 6.72. The van der Waals surface area contributed by atoms with Gasteiger partial charge in [-0.1, -0.05) is 19.1 Å². The van der Waals surface area contributed by atoms with Crippen molar-refractivity contribution in [2.75, 3.05) is 39.8 Å². The summed E-state index contributed by atoms with van der Waals surface area (Å²) >= 11 is 0. The van der Waals surface area contributed by atoms with Crippen LogP contribution in [0.25, 0.3) is 11.1 Å². The van der Waals surface area contributed by atoms with Crippen molar-refractivity contribution in [2.45, 2.75) is 19.8 Å². The van der Waals surface area contributed by atoms with Crippen molar-refractivity contribution >= 4 is 17.0 Å². The summed E-state index contributed by atoms with van der Waals surface area (Å²) in [6, 6.07) is 13.4. The Labute approximate surface area is 171 Å². The molecule has 0 N–H and O–H groups in total. The van der Waals surface area contributed by atoms with Gasteiger partial charge in [-0.3, -0.25) is 9.69 Å². The quantitative estimate of drug-likeness (QED) is 0.640. The first-order valence-corrected chi connectivity index (χ1v) is 10.2. The van der Waals surface area contributed by atoms with Crippen molar-refractivity contribution in [3.05, 3.63) is 59.5 Å². The molecule has 0 atom stereocenters. The average Bonchev–Trinajstić information content (AvgIpc) is 3.16. The van der Waals surface area contributed by atoms with Crippen molar-refractivity contribution in [2.24, 2.45) is 0 Å². The summed E-state index contributed by atoms with van der Waals surface area (Å²) in [7, 11) is 1.65. The highest BCUT2D eigenvalue weighted by Gasteiger charge is 2.22. The number of oxazole rings is 1. The van der Waals surface area contributed by atoms with E-state index in [2.05, 4.69) is 16.8 Å². The maximum atomic E-state index is 12.9. The number of benzene rings is 2. The van der Waals surface area contributed by atoms with Gasteiger partial charge < -0.3 is 14.1 Å². The normalized spacial score (nSPS) is 15.0. The molecule has 0 aliphatic carbocycles. The lowest BCUT2D eigenvalue weighted by Gasteiger charge is -2.34. The smallest absolute Gasteiger partial charge is 0.254 e. The van der Waals surface area contributed by atoms with Gasteiger partial charge in [0.25, 0.3) is 5.91 Å². The first-order chi connectivity index (χ1) is 14.2. The molecule has 29 heavy (non-hydrogen) atoms. The lowest BCUT2D eigenvalue weighted by atomic mass is 10.1. The Hall–Kier alpha value is -2.86. The van der Waals surface area contributed by atoms with Gasteiger partial charge in [-0.15, -0.1) is 0 Å². The first-order valence-electron chi connectivity index (χ1n) is 10.2. The van der Waals surface area contributed by atoms with Crippen LogP contribution in [0, 0.1) is 0 Å². The Morgan fingerprint density at radius 3 is 2.55 bits per heavy atom. The number of nitrogens with zero attached hydrogens (tertiary/aromatic N) is 3. The molecule has 1 aromatic heterocycles. The van der Waals surface area contributed by atoms with E-state index in [1.807, 2.05) is 47.4 Å². The Morgan fingerprint density at radius 1 is 1.10 bits per heavy atom. The van der Waals surface area contributed by atoms with Crippen molar-refractivity contribution < 1.29 is 13.9 Å². The highest BCUT2D eigenvalue weighted by molar-refractivity contribution is 5.97. The molecule has 152 valence electrons. The predicted molar refractivity (Wildman–Crippen MR) is 112 cm³/mol. The second-order valence-electron chi connectivity index (χ2n) is 7.45. The van der Waals surface area contributed by atoms with Crippen LogP contribution < -0.4 is 4.74 Å². The summed E-state index contributed by atoms with van der Waals surface area (Å²) in [5.74, 6) is 1.53. The van der Waals surface area contributed by atoms with E-state index in [4.69, 9.17) is 9.15 Å². The number of piperazine rings is 1. The van der Waals surface area contributed by atoms with Crippen molar-refractivity contribution in [1.29, 1.82) is 0 Å². The second kappa shape index (κ2) is 8.66. The number of fused-ring (bicyclic) bond motifs is 1. The first kappa shape index (κ1) is 19.5. The van der Waals surface area contributed by atoms with E-state index in [-0.39, 0.29) is 5.91 Å². The van der Waals surface area contributed by atoms with Gasteiger partial charge in [0.2, 0.25) is 0 Å². The zero-order valence-electron chi connectivity index (χ0n) is 17.1. The number of amides is 1. The number of carbonyl (C=O) groups excluding carboxylic acids is 1. The van der Waals surface area contributed by atoms with Crippen LogP contribution in [0.1, 0.15) is 35.2 Å². The summed E-state index contributed by atoms with van der Waals surface area (Å²) in [4.78, 5) is 21.8. The van der Waals surface area contributed by atoms with Gasteiger partial charge in [0.15, 0.2) is 11.5 Å². The molecule has 0 unspecified atom stereocenters. The molecule has 6 nitrogen and oxygen atoms in total. The van der Waals surface area contributed by atoms with Crippen LogP contribution in [0.2, 0.25) is 0 Å². The van der Waals surface area contributed by atoms with Gasteiger partial charge in [-0.25, -0.2) is 4.98 Å². The Balaban J connectivity index is 1.45. The minimum absolute atomic E-state index is 0.0659. The molecule has 0 bridgehead atoms. The summed E-state index contributed by atoms with van der Waals surface area (Å²) in [5.41, 5.74) is 3.19. The van der Waals surface area contributed by atoms with Crippen LogP contribution in [0.4, 0.5) is 0 Å².